The number of carbonyl (C=O) groups excluding carboxylic acids is 1. The fourth-order valence-corrected chi connectivity index (χ4v) is 4.83. The fraction of sp³-hybridized carbons (Fsp3) is 0.650. The van der Waals surface area contributed by atoms with Crippen molar-refractivity contribution in [2.75, 3.05) is 13.1 Å². The van der Waals surface area contributed by atoms with Crippen LogP contribution in [-0.2, 0) is 11.3 Å². The van der Waals surface area contributed by atoms with Crippen LogP contribution in [0.4, 0.5) is 0 Å². The Bertz CT molecular complexity index is 559. The first-order valence-corrected chi connectivity index (χ1v) is 9.56. The second kappa shape index (κ2) is 9.93. The Morgan fingerprint density at radius 1 is 1.08 bits per heavy atom. The Kier molecular flexibility index (Phi) is 8.21. The van der Waals surface area contributed by atoms with Gasteiger partial charge in [-0.15, -0.1) is 24.8 Å². The first kappa shape index (κ1) is 21.5. The summed E-state index contributed by atoms with van der Waals surface area (Å²) < 4.78 is 0. The summed E-state index contributed by atoms with van der Waals surface area (Å²) >= 11 is 0. The highest BCUT2D eigenvalue weighted by Crippen LogP contribution is 2.32. The van der Waals surface area contributed by atoms with Crippen molar-refractivity contribution >= 4 is 30.7 Å². The molecule has 3 unspecified atom stereocenters. The van der Waals surface area contributed by atoms with Crippen LogP contribution in [0, 0.1) is 5.92 Å². The number of carbonyl (C=O) groups is 1. The number of halogens is 2. The number of piperidine rings is 1. The first-order chi connectivity index (χ1) is 11.7. The smallest absolute Gasteiger partial charge is 0.220 e. The molecular formula is C20H31Cl2N3O. The highest BCUT2D eigenvalue weighted by Gasteiger charge is 2.34. The van der Waals surface area contributed by atoms with Gasteiger partial charge in [0.25, 0.3) is 0 Å². The van der Waals surface area contributed by atoms with Gasteiger partial charge in [0.2, 0.25) is 5.91 Å². The fourth-order valence-electron chi connectivity index (χ4n) is 4.83. The van der Waals surface area contributed by atoms with Crippen LogP contribution in [0.5, 0.6) is 0 Å². The van der Waals surface area contributed by atoms with Gasteiger partial charge in [0.1, 0.15) is 0 Å². The van der Waals surface area contributed by atoms with Gasteiger partial charge in [0.05, 0.1) is 0 Å². The number of fused-ring (bicyclic) bond motifs is 2. The third-order valence-electron chi connectivity index (χ3n) is 5.93. The zero-order valence-corrected chi connectivity index (χ0v) is 16.9. The number of benzene rings is 1. The molecule has 1 amide bonds. The van der Waals surface area contributed by atoms with Crippen LogP contribution < -0.4 is 10.6 Å². The largest absolute Gasteiger partial charge is 0.352 e. The van der Waals surface area contributed by atoms with Gasteiger partial charge in [0, 0.05) is 44.2 Å². The maximum Gasteiger partial charge on any atom is 0.220 e. The lowest BCUT2D eigenvalue weighted by molar-refractivity contribution is -0.122. The van der Waals surface area contributed by atoms with Crippen molar-refractivity contribution in [3.8, 4) is 0 Å². The third kappa shape index (κ3) is 5.59. The molecule has 0 radical (unpaired) electrons. The van der Waals surface area contributed by atoms with E-state index in [9.17, 15) is 4.79 Å². The Morgan fingerprint density at radius 2 is 1.77 bits per heavy atom. The van der Waals surface area contributed by atoms with Crippen LogP contribution in [0.25, 0.3) is 0 Å². The Labute approximate surface area is 169 Å². The van der Waals surface area contributed by atoms with Crippen molar-refractivity contribution in [2.45, 2.75) is 63.2 Å². The third-order valence-corrected chi connectivity index (χ3v) is 5.93. The molecule has 2 N–H and O–H groups in total. The van der Waals surface area contributed by atoms with E-state index in [0.717, 1.165) is 32.5 Å². The number of nitrogens with one attached hydrogen (secondary N) is 2. The van der Waals surface area contributed by atoms with E-state index in [1.807, 2.05) is 0 Å². The number of hydrogen-bond acceptors (Lipinski definition) is 3. The summed E-state index contributed by atoms with van der Waals surface area (Å²) in [4.78, 5) is 14.9. The number of likely N-dealkylation sites (tertiary alicyclic amines) is 1. The lowest BCUT2D eigenvalue weighted by Gasteiger charge is -2.29. The van der Waals surface area contributed by atoms with E-state index in [1.165, 1.54) is 31.2 Å². The summed E-state index contributed by atoms with van der Waals surface area (Å²) in [6.45, 7) is 3.06. The van der Waals surface area contributed by atoms with E-state index in [2.05, 4.69) is 45.9 Å². The monoisotopic (exact) mass is 399 g/mol. The standard InChI is InChI=1S/C20H29N3O.2ClH/c24-20(12-16-10-17-6-7-18(11-16)21-17)22-19-8-9-23(14-19)13-15-4-2-1-3-5-15;;/h1-5,16-19,21H,6-14H2,(H,22,24);2*1H. The Morgan fingerprint density at radius 3 is 2.46 bits per heavy atom. The zero-order chi connectivity index (χ0) is 16.4. The second-order valence-corrected chi connectivity index (χ2v) is 7.95. The van der Waals surface area contributed by atoms with Gasteiger partial charge in [-0.25, -0.2) is 0 Å². The maximum atomic E-state index is 12.4. The van der Waals surface area contributed by atoms with Crippen molar-refractivity contribution in [3.05, 3.63) is 35.9 Å². The molecule has 1 aromatic rings. The molecule has 3 aliphatic rings. The molecule has 146 valence electrons. The van der Waals surface area contributed by atoms with Gasteiger partial charge in [-0.3, -0.25) is 9.69 Å². The number of nitrogens with zero attached hydrogens (tertiary/aromatic N) is 1. The van der Waals surface area contributed by atoms with Crippen LogP contribution >= 0.6 is 24.8 Å². The molecule has 2 bridgehead atoms. The summed E-state index contributed by atoms with van der Waals surface area (Å²) in [7, 11) is 0. The minimum Gasteiger partial charge on any atom is -0.352 e. The van der Waals surface area contributed by atoms with Gasteiger partial charge in [0.15, 0.2) is 0 Å². The van der Waals surface area contributed by atoms with E-state index in [4.69, 9.17) is 0 Å². The van der Waals surface area contributed by atoms with Crippen LogP contribution in [-0.4, -0.2) is 42.0 Å². The highest BCUT2D eigenvalue weighted by molar-refractivity contribution is 5.85. The van der Waals surface area contributed by atoms with Crippen LogP contribution in [0.15, 0.2) is 30.3 Å². The molecule has 6 heteroatoms. The summed E-state index contributed by atoms with van der Waals surface area (Å²) in [5.74, 6) is 0.860. The van der Waals surface area contributed by atoms with Gasteiger partial charge in [-0.1, -0.05) is 30.3 Å². The second-order valence-electron chi connectivity index (χ2n) is 7.95. The molecular weight excluding hydrogens is 369 g/mol. The van der Waals surface area contributed by atoms with Gasteiger partial charge in [-0.2, -0.15) is 0 Å². The summed E-state index contributed by atoms with van der Waals surface area (Å²) in [5.41, 5.74) is 1.36. The van der Waals surface area contributed by atoms with Crippen LogP contribution in [0.3, 0.4) is 0 Å². The number of hydrogen-bond donors (Lipinski definition) is 2. The SMILES string of the molecule is Cl.Cl.O=C(CC1CC2CCC(C1)N2)NC1CCN(Cc2ccccc2)C1. The molecule has 1 aromatic carbocycles. The molecule has 0 aliphatic carbocycles. The molecule has 3 aliphatic heterocycles. The van der Waals surface area contributed by atoms with Crippen LogP contribution in [0.1, 0.15) is 44.1 Å². The van der Waals surface area contributed by atoms with E-state index in [-0.39, 0.29) is 30.7 Å². The van der Waals surface area contributed by atoms with E-state index in [0.29, 0.717) is 24.0 Å². The van der Waals surface area contributed by atoms with E-state index in [1.54, 1.807) is 0 Å². The van der Waals surface area contributed by atoms with E-state index < -0.39 is 0 Å². The van der Waals surface area contributed by atoms with Crippen molar-refractivity contribution < 1.29 is 4.79 Å². The molecule has 3 atom stereocenters. The van der Waals surface area contributed by atoms with Gasteiger partial charge >= 0.3 is 0 Å². The van der Waals surface area contributed by atoms with Crippen molar-refractivity contribution in [3.63, 3.8) is 0 Å². The van der Waals surface area contributed by atoms with Crippen LogP contribution in [0.2, 0.25) is 0 Å². The summed E-state index contributed by atoms with van der Waals surface area (Å²) in [5, 5.41) is 6.95. The topological polar surface area (TPSA) is 44.4 Å². The highest BCUT2D eigenvalue weighted by atomic mass is 35.5. The predicted molar refractivity (Wildman–Crippen MR) is 110 cm³/mol. The quantitative estimate of drug-likeness (QED) is 0.798. The van der Waals surface area contributed by atoms with Crippen molar-refractivity contribution in [2.24, 2.45) is 5.92 Å². The van der Waals surface area contributed by atoms with Crippen molar-refractivity contribution in [1.82, 2.24) is 15.5 Å². The molecule has 0 spiro atoms. The normalized spacial score (nSPS) is 30.3. The zero-order valence-electron chi connectivity index (χ0n) is 15.2. The molecule has 0 aromatic heterocycles. The molecule has 3 fully saturated rings. The lowest BCUT2D eigenvalue weighted by Crippen LogP contribution is -2.42. The molecule has 3 saturated heterocycles. The average molecular weight is 400 g/mol. The molecule has 4 rings (SSSR count). The van der Waals surface area contributed by atoms with Gasteiger partial charge in [-0.05, 0) is 43.6 Å². The molecule has 3 heterocycles. The molecule has 0 saturated carbocycles. The molecule has 4 nitrogen and oxygen atoms in total. The number of rotatable bonds is 5. The summed E-state index contributed by atoms with van der Waals surface area (Å²) in [6, 6.07) is 12.3. The Balaban J connectivity index is 0.00000121. The van der Waals surface area contributed by atoms with Crippen molar-refractivity contribution in [1.29, 1.82) is 0 Å². The van der Waals surface area contributed by atoms with E-state index >= 15 is 0 Å². The molecule has 26 heavy (non-hydrogen) atoms. The lowest BCUT2D eigenvalue weighted by atomic mass is 9.89. The average Bonchev–Trinajstić information content (AvgIpc) is 3.14. The van der Waals surface area contributed by atoms with Gasteiger partial charge < -0.3 is 10.6 Å². The predicted octanol–water partition coefficient (Wildman–Crippen LogP) is 3.14. The number of amides is 1. The summed E-state index contributed by atoms with van der Waals surface area (Å²) in [6.07, 6.45) is 6.79. The minimum atomic E-state index is 0. The maximum absolute atomic E-state index is 12.4. The minimum absolute atomic E-state index is 0. The Hall–Kier alpha value is -0.810. The first-order valence-electron chi connectivity index (χ1n) is 9.56.